The first-order valence-corrected chi connectivity index (χ1v) is 10.7. The molecule has 8 nitrogen and oxygen atoms in total. The molecule has 1 amide bonds. The van der Waals surface area contributed by atoms with Gasteiger partial charge in [0.15, 0.2) is 0 Å². The van der Waals surface area contributed by atoms with Crippen molar-refractivity contribution >= 4 is 17.7 Å². The average Bonchev–Trinajstić information content (AvgIpc) is 3.33. The Labute approximate surface area is 176 Å². The molecule has 1 aromatic heterocycles. The molecule has 0 saturated carbocycles. The van der Waals surface area contributed by atoms with Gasteiger partial charge >= 0.3 is 0 Å². The molecule has 8 heteroatoms. The Bertz CT molecular complexity index is 888. The quantitative estimate of drug-likeness (QED) is 0.808. The normalized spacial score (nSPS) is 26.7. The summed E-state index contributed by atoms with van der Waals surface area (Å²) in [6.07, 6.45) is 1.71. The van der Waals surface area contributed by atoms with E-state index in [9.17, 15) is 4.79 Å². The van der Waals surface area contributed by atoms with E-state index in [0.717, 1.165) is 38.5 Å². The maximum atomic E-state index is 13.3. The molecule has 2 aromatic rings. The van der Waals surface area contributed by atoms with Crippen LogP contribution in [0.3, 0.4) is 0 Å². The van der Waals surface area contributed by atoms with E-state index >= 15 is 0 Å². The van der Waals surface area contributed by atoms with Gasteiger partial charge in [-0.25, -0.2) is 4.98 Å². The molecular weight excluding hydrogens is 380 g/mol. The summed E-state index contributed by atoms with van der Waals surface area (Å²) in [5.74, 6) is 2.18. The maximum absolute atomic E-state index is 13.3. The van der Waals surface area contributed by atoms with Crippen LogP contribution in [0.2, 0.25) is 0 Å². The summed E-state index contributed by atoms with van der Waals surface area (Å²) < 4.78 is 5.43. The zero-order valence-electron chi connectivity index (χ0n) is 17.1. The summed E-state index contributed by atoms with van der Waals surface area (Å²) in [5.41, 5.74) is 7.01. The van der Waals surface area contributed by atoms with Crippen molar-refractivity contribution in [2.24, 2.45) is 11.8 Å². The second kappa shape index (κ2) is 8.20. The zero-order chi connectivity index (χ0) is 20.5. The maximum Gasteiger partial charge on any atom is 0.237 e. The van der Waals surface area contributed by atoms with Gasteiger partial charge in [0.2, 0.25) is 11.9 Å². The van der Waals surface area contributed by atoms with Crippen molar-refractivity contribution in [1.82, 2.24) is 19.8 Å². The van der Waals surface area contributed by atoms with Gasteiger partial charge in [-0.15, -0.1) is 0 Å². The van der Waals surface area contributed by atoms with Crippen molar-refractivity contribution < 1.29 is 9.53 Å². The third kappa shape index (κ3) is 3.73. The van der Waals surface area contributed by atoms with E-state index in [1.807, 2.05) is 12.1 Å². The first-order valence-electron chi connectivity index (χ1n) is 10.7. The van der Waals surface area contributed by atoms with Gasteiger partial charge < -0.3 is 20.3 Å². The predicted octanol–water partition coefficient (Wildman–Crippen LogP) is 1.03. The molecule has 0 bridgehead atoms. The minimum absolute atomic E-state index is 0.0916. The Balaban J connectivity index is 1.37. The lowest BCUT2D eigenvalue weighted by molar-refractivity contribution is -0.134. The van der Waals surface area contributed by atoms with Crippen LogP contribution in [-0.4, -0.2) is 78.2 Å². The Morgan fingerprint density at radius 3 is 2.67 bits per heavy atom. The second-order valence-electron chi connectivity index (χ2n) is 8.39. The van der Waals surface area contributed by atoms with Gasteiger partial charge in [0.25, 0.3) is 0 Å². The van der Waals surface area contributed by atoms with Crippen LogP contribution in [0.5, 0.6) is 0 Å². The van der Waals surface area contributed by atoms with E-state index in [2.05, 4.69) is 48.9 Å². The van der Waals surface area contributed by atoms with Crippen LogP contribution < -0.4 is 10.6 Å². The van der Waals surface area contributed by atoms with Crippen molar-refractivity contribution in [3.8, 4) is 0 Å². The van der Waals surface area contributed by atoms with Crippen LogP contribution in [-0.2, 0) is 9.53 Å². The number of rotatable bonds is 4. The van der Waals surface area contributed by atoms with Crippen molar-refractivity contribution in [1.29, 1.82) is 0 Å². The summed E-state index contributed by atoms with van der Waals surface area (Å²) >= 11 is 0. The van der Waals surface area contributed by atoms with Crippen LogP contribution in [0.4, 0.5) is 11.8 Å². The number of hydrogen-bond donors (Lipinski definition) is 1. The molecule has 3 saturated heterocycles. The van der Waals surface area contributed by atoms with Gasteiger partial charge in [0.05, 0.1) is 25.8 Å². The smallest absolute Gasteiger partial charge is 0.237 e. The van der Waals surface area contributed by atoms with Crippen molar-refractivity contribution in [3.63, 3.8) is 0 Å². The Morgan fingerprint density at radius 1 is 1.10 bits per heavy atom. The molecule has 4 heterocycles. The highest BCUT2D eigenvalue weighted by Gasteiger charge is 2.49. The molecule has 2 N–H and O–H groups in total. The summed E-state index contributed by atoms with van der Waals surface area (Å²) in [7, 11) is 0. The molecule has 1 aromatic carbocycles. The van der Waals surface area contributed by atoms with E-state index in [0.29, 0.717) is 37.5 Å². The van der Waals surface area contributed by atoms with E-state index < -0.39 is 0 Å². The predicted molar refractivity (Wildman–Crippen MR) is 114 cm³/mol. The lowest BCUT2D eigenvalue weighted by Gasteiger charge is -2.33. The Hall–Kier alpha value is -2.71. The third-order valence-corrected chi connectivity index (χ3v) is 6.57. The number of nitrogens with two attached hydrogens (primary N) is 1. The number of nitrogen functional groups attached to an aromatic ring is 1. The number of morpholine rings is 1. The fourth-order valence-corrected chi connectivity index (χ4v) is 5.15. The monoisotopic (exact) mass is 408 g/mol. The van der Waals surface area contributed by atoms with Crippen LogP contribution in [0.15, 0.2) is 42.6 Å². The number of likely N-dealkylation sites (tertiary alicyclic amines) is 1. The van der Waals surface area contributed by atoms with Crippen LogP contribution in [0.25, 0.3) is 0 Å². The number of carbonyl (C=O) groups is 1. The van der Waals surface area contributed by atoms with Gasteiger partial charge in [-0.1, -0.05) is 30.3 Å². The minimum Gasteiger partial charge on any atom is -0.379 e. The number of anilines is 2. The van der Waals surface area contributed by atoms with E-state index in [1.54, 1.807) is 6.20 Å². The lowest BCUT2D eigenvalue weighted by Crippen LogP contribution is -2.45. The number of amides is 1. The SMILES string of the molecule is Nc1nccc(N2C[C@H]3CN(C(=O)CN4CCOCC4)[C@H](c4ccccc4)[C@H]3C2)n1. The molecule has 0 unspecified atom stereocenters. The van der Waals surface area contributed by atoms with E-state index in [-0.39, 0.29) is 11.9 Å². The third-order valence-electron chi connectivity index (χ3n) is 6.57. The zero-order valence-corrected chi connectivity index (χ0v) is 17.1. The average molecular weight is 409 g/mol. The molecule has 158 valence electrons. The number of aromatic nitrogens is 2. The number of fused-ring (bicyclic) bond motifs is 1. The molecule has 0 spiro atoms. The lowest BCUT2D eigenvalue weighted by atomic mass is 9.89. The van der Waals surface area contributed by atoms with Gasteiger partial charge in [0, 0.05) is 50.8 Å². The molecular formula is C22H28N6O2. The van der Waals surface area contributed by atoms with Crippen molar-refractivity contribution in [3.05, 3.63) is 48.2 Å². The first-order chi connectivity index (χ1) is 14.7. The number of nitrogens with zero attached hydrogens (tertiary/aromatic N) is 5. The van der Waals surface area contributed by atoms with Crippen molar-refractivity contribution in [2.75, 3.05) is 63.1 Å². The fourth-order valence-electron chi connectivity index (χ4n) is 5.15. The summed E-state index contributed by atoms with van der Waals surface area (Å²) in [6.45, 7) is 6.06. The fraction of sp³-hybridized carbons (Fsp3) is 0.500. The van der Waals surface area contributed by atoms with Gasteiger partial charge in [-0.2, -0.15) is 4.98 Å². The molecule has 0 aliphatic carbocycles. The molecule has 3 aliphatic rings. The number of benzene rings is 1. The highest BCUT2D eigenvalue weighted by Crippen LogP contribution is 2.45. The second-order valence-corrected chi connectivity index (χ2v) is 8.39. The number of hydrogen-bond acceptors (Lipinski definition) is 7. The molecule has 30 heavy (non-hydrogen) atoms. The summed E-state index contributed by atoms with van der Waals surface area (Å²) in [4.78, 5) is 28.3. The summed E-state index contributed by atoms with van der Waals surface area (Å²) in [5, 5.41) is 0. The molecule has 3 aliphatic heterocycles. The number of ether oxygens (including phenoxy) is 1. The topological polar surface area (TPSA) is 87.8 Å². The van der Waals surface area contributed by atoms with Gasteiger partial charge in [0.1, 0.15) is 5.82 Å². The van der Waals surface area contributed by atoms with Crippen molar-refractivity contribution in [2.45, 2.75) is 6.04 Å². The van der Waals surface area contributed by atoms with E-state index in [4.69, 9.17) is 10.5 Å². The summed E-state index contributed by atoms with van der Waals surface area (Å²) in [6, 6.07) is 12.4. The minimum atomic E-state index is 0.0916. The van der Waals surface area contributed by atoms with Gasteiger partial charge in [-0.05, 0) is 11.6 Å². The van der Waals surface area contributed by atoms with E-state index in [1.165, 1.54) is 5.56 Å². The Kier molecular flexibility index (Phi) is 5.26. The highest BCUT2D eigenvalue weighted by atomic mass is 16.5. The molecule has 3 fully saturated rings. The molecule has 3 atom stereocenters. The largest absolute Gasteiger partial charge is 0.379 e. The number of carbonyl (C=O) groups excluding carboxylic acids is 1. The molecule has 0 radical (unpaired) electrons. The van der Waals surface area contributed by atoms with Crippen LogP contribution >= 0.6 is 0 Å². The standard InChI is InChI=1S/C22H28N6O2/c23-22-24-7-6-19(25-22)27-12-17-13-28(20(29)15-26-8-10-30-11-9-26)21(18(17)14-27)16-4-2-1-3-5-16/h1-7,17-18,21H,8-15H2,(H2,23,24,25)/t17-,18-,21+/m0/s1. The van der Waals surface area contributed by atoms with Gasteiger partial charge in [-0.3, -0.25) is 9.69 Å². The first kappa shape index (κ1) is 19.3. The molecule has 5 rings (SSSR count). The van der Waals surface area contributed by atoms with Crippen LogP contribution in [0, 0.1) is 11.8 Å². The highest BCUT2D eigenvalue weighted by molar-refractivity contribution is 5.79. The Morgan fingerprint density at radius 2 is 1.90 bits per heavy atom. The van der Waals surface area contributed by atoms with Crippen LogP contribution in [0.1, 0.15) is 11.6 Å².